The lowest BCUT2D eigenvalue weighted by atomic mass is 9.72. The standard InChI is InChI=1S/C16H22BN5O6/c1-18-6-11-12(8-23)22(21-20-11)7-14(24)19-13-5-9-3-2-4-10(16(25)26)15(9)28-17(13)27/h2-4,13-14,18-19,23-24,27H,5-8H2,1H3,(H,25,26)/t13-,14?/m0/s1. The summed E-state index contributed by atoms with van der Waals surface area (Å²) in [5, 5.41) is 53.0. The fraction of sp³-hybridized carbons (Fsp3) is 0.438. The Bertz CT molecular complexity index is 847. The third kappa shape index (κ3) is 4.15. The van der Waals surface area contributed by atoms with E-state index in [1.165, 1.54) is 10.7 Å². The van der Waals surface area contributed by atoms with Crippen LogP contribution >= 0.6 is 0 Å². The lowest BCUT2D eigenvalue weighted by Crippen LogP contribution is -2.55. The number of nitrogens with zero attached hydrogens (tertiary/aromatic N) is 3. The largest absolute Gasteiger partial charge is 0.541 e. The van der Waals surface area contributed by atoms with Crippen LogP contribution < -0.4 is 15.3 Å². The van der Waals surface area contributed by atoms with E-state index in [1.807, 2.05) is 0 Å². The van der Waals surface area contributed by atoms with E-state index >= 15 is 0 Å². The molecule has 2 heterocycles. The van der Waals surface area contributed by atoms with Gasteiger partial charge in [0.05, 0.1) is 30.4 Å². The molecule has 6 N–H and O–H groups in total. The number of aromatic nitrogens is 3. The molecule has 2 aromatic rings. The van der Waals surface area contributed by atoms with E-state index in [2.05, 4.69) is 20.9 Å². The quantitative estimate of drug-likeness (QED) is 0.222. The number of benzene rings is 1. The van der Waals surface area contributed by atoms with E-state index < -0.39 is 25.3 Å². The van der Waals surface area contributed by atoms with Gasteiger partial charge in [-0.05, 0) is 25.1 Å². The number of nitrogens with one attached hydrogen (secondary N) is 2. The highest BCUT2D eigenvalue weighted by Crippen LogP contribution is 2.30. The van der Waals surface area contributed by atoms with Crippen LogP contribution in [-0.4, -0.2) is 67.6 Å². The van der Waals surface area contributed by atoms with Gasteiger partial charge in [0.15, 0.2) is 0 Å². The van der Waals surface area contributed by atoms with Gasteiger partial charge in [-0.15, -0.1) is 5.10 Å². The summed E-state index contributed by atoms with van der Waals surface area (Å²) < 4.78 is 6.77. The van der Waals surface area contributed by atoms with Gasteiger partial charge in [-0.3, -0.25) is 5.32 Å². The van der Waals surface area contributed by atoms with Gasteiger partial charge in [0.2, 0.25) is 0 Å². The van der Waals surface area contributed by atoms with Crippen LogP contribution in [0.25, 0.3) is 0 Å². The Morgan fingerprint density at radius 3 is 2.96 bits per heavy atom. The molecule has 3 rings (SSSR count). The second kappa shape index (κ2) is 8.67. The topological polar surface area (TPSA) is 162 Å². The SMILES string of the molecule is CNCc1nnn(CC(O)N[C@H]2Cc3cccc(C(=O)O)c3OB2O)c1CO. The minimum absolute atomic E-state index is 0.00213. The van der Waals surface area contributed by atoms with E-state index in [0.717, 1.165) is 0 Å². The Hall–Kier alpha value is -2.51. The van der Waals surface area contributed by atoms with Gasteiger partial charge < -0.3 is 30.3 Å². The number of rotatable bonds is 8. The molecule has 1 aliphatic rings. The van der Waals surface area contributed by atoms with E-state index in [4.69, 9.17) is 4.65 Å². The van der Waals surface area contributed by atoms with Crippen molar-refractivity contribution in [1.82, 2.24) is 25.6 Å². The zero-order chi connectivity index (χ0) is 20.3. The van der Waals surface area contributed by atoms with E-state index in [9.17, 15) is 25.1 Å². The van der Waals surface area contributed by atoms with Gasteiger partial charge in [0.25, 0.3) is 0 Å². The summed E-state index contributed by atoms with van der Waals surface area (Å²) in [6.07, 6.45) is -0.842. The molecule has 28 heavy (non-hydrogen) atoms. The molecule has 1 aromatic heterocycles. The molecule has 1 aliphatic heterocycles. The first kappa shape index (κ1) is 20.2. The molecular weight excluding hydrogens is 369 g/mol. The van der Waals surface area contributed by atoms with Crippen LogP contribution in [0.15, 0.2) is 18.2 Å². The normalized spacial score (nSPS) is 17.1. The minimum Gasteiger partial charge on any atom is -0.534 e. The molecular formula is C16H22BN5O6. The highest BCUT2D eigenvalue weighted by atomic mass is 16.5. The van der Waals surface area contributed by atoms with Crippen LogP contribution in [0.2, 0.25) is 0 Å². The van der Waals surface area contributed by atoms with Crippen LogP contribution in [0.4, 0.5) is 0 Å². The molecule has 150 valence electrons. The molecule has 0 saturated carbocycles. The summed E-state index contributed by atoms with van der Waals surface area (Å²) in [5.74, 6) is -1.68. The number of carbonyl (C=O) groups is 1. The van der Waals surface area contributed by atoms with Gasteiger partial charge in [-0.1, -0.05) is 17.3 Å². The lowest BCUT2D eigenvalue weighted by Gasteiger charge is -2.30. The zero-order valence-corrected chi connectivity index (χ0v) is 15.2. The summed E-state index contributed by atoms with van der Waals surface area (Å²) >= 11 is 0. The third-order valence-electron chi connectivity index (χ3n) is 4.51. The molecule has 0 fully saturated rings. The first-order valence-electron chi connectivity index (χ1n) is 8.75. The van der Waals surface area contributed by atoms with Crippen molar-refractivity contribution >= 4 is 13.1 Å². The van der Waals surface area contributed by atoms with Gasteiger partial charge in [0, 0.05) is 6.54 Å². The molecule has 0 bridgehead atoms. The molecule has 0 aliphatic carbocycles. The van der Waals surface area contributed by atoms with Gasteiger partial charge >= 0.3 is 13.1 Å². The molecule has 11 nitrogen and oxygen atoms in total. The zero-order valence-electron chi connectivity index (χ0n) is 15.2. The Kier molecular flexibility index (Phi) is 6.26. The van der Waals surface area contributed by atoms with Crippen molar-refractivity contribution in [2.75, 3.05) is 7.05 Å². The van der Waals surface area contributed by atoms with Crippen molar-refractivity contribution in [3.8, 4) is 5.75 Å². The summed E-state index contributed by atoms with van der Waals surface area (Å²) in [4.78, 5) is 11.3. The van der Waals surface area contributed by atoms with Crippen LogP contribution in [0, 0.1) is 0 Å². The first-order chi connectivity index (χ1) is 13.4. The lowest BCUT2D eigenvalue weighted by molar-refractivity contribution is 0.0692. The van der Waals surface area contributed by atoms with E-state index in [0.29, 0.717) is 23.5 Å². The van der Waals surface area contributed by atoms with Crippen LogP contribution in [0.1, 0.15) is 27.3 Å². The van der Waals surface area contributed by atoms with Crippen molar-refractivity contribution in [2.24, 2.45) is 0 Å². The summed E-state index contributed by atoms with van der Waals surface area (Å²) in [7, 11) is 0.407. The van der Waals surface area contributed by atoms with Crippen LogP contribution in [0.3, 0.4) is 0 Å². The Morgan fingerprint density at radius 2 is 2.29 bits per heavy atom. The maximum absolute atomic E-state index is 11.3. The number of fused-ring (bicyclic) bond motifs is 1. The van der Waals surface area contributed by atoms with Crippen molar-refractivity contribution in [3.63, 3.8) is 0 Å². The average Bonchev–Trinajstić information content (AvgIpc) is 3.03. The molecule has 12 heteroatoms. The first-order valence-corrected chi connectivity index (χ1v) is 8.75. The van der Waals surface area contributed by atoms with Crippen molar-refractivity contribution in [3.05, 3.63) is 40.7 Å². The number of para-hydroxylation sites is 1. The predicted octanol–water partition coefficient (Wildman–Crippen LogP) is -1.88. The summed E-state index contributed by atoms with van der Waals surface area (Å²) in [6.45, 7) is 0.145. The van der Waals surface area contributed by atoms with E-state index in [-0.39, 0.29) is 30.9 Å². The summed E-state index contributed by atoms with van der Waals surface area (Å²) in [5.41, 5.74) is 1.64. The number of aliphatic hydroxyl groups excluding tert-OH is 2. The highest BCUT2D eigenvalue weighted by Gasteiger charge is 2.37. The number of carboxylic acid groups (broad SMARTS) is 1. The third-order valence-corrected chi connectivity index (χ3v) is 4.51. The van der Waals surface area contributed by atoms with Crippen LogP contribution in [-0.2, 0) is 26.1 Å². The number of carboxylic acids is 1. The molecule has 1 aromatic carbocycles. The number of hydrogen-bond donors (Lipinski definition) is 6. The fourth-order valence-electron chi connectivity index (χ4n) is 3.19. The molecule has 0 amide bonds. The minimum atomic E-state index is -1.34. The fourth-order valence-corrected chi connectivity index (χ4v) is 3.19. The van der Waals surface area contributed by atoms with Crippen molar-refractivity contribution in [2.45, 2.75) is 38.3 Å². The van der Waals surface area contributed by atoms with Crippen LogP contribution in [0.5, 0.6) is 5.75 Å². The second-order valence-corrected chi connectivity index (χ2v) is 6.45. The number of hydrogen-bond acceptors (Lipinski definition) is 9. The highest BCUT2D eigenvalue weighted by molar-refractivity contribution is 6.46. The number of aromatic carboxylic acids is 1. The van der Waals surface area contributed by atoms with Gasteiger partial charge in [0.1, 0.15) is 17.7 Å². The maximum Gasteiger partial charge on any atom is 0.541 e. The molecule has 0 radical (unpaired) electrons. The maximum atomic E-state index is 11.3. The molecule has 0 spiro atoms. The Balaban J connectivity index is 1.69. The predicted molar refractivity (Wildman–Crippen MR) is 97.3 cm³/mol. The van der Waals surface area contributed by atoms with Gasteiger partial charge in [-0.2, -0.15) is 0 Å². The number of aliphatic hydroxyl groups is 2. The van der Waals surface area contributed by atoms with Crippen molar-refractivity contribution < 1.29 is 29.8 Å². The smallest absolute Gasteiger partial charge is 0.534 e. The summed E-state index contributed by atoms with van der Waals surface area (Å²) in [6, 6.07) is 4.71. The Morgan fingerprint density at radius 1 is 1.50 bits per heavy atom. The Labute approximate surface area is 161 Å². The van der Waals surface area contributed by atoms with E-state index in [1.54, 1.807) is 19.2 Å². The molecule has 0 saturated heterocycles. The molecule has 1 unspecified atom stereocenters. The second-order valence-electron chi connectivity index (χ2n) is 6.45. The van der Waals surface area contributed by atoms with Gasteiger partial charge in [-0.25, -0.2) is 9.48 Å². The average molecular weight is 391 g/mol. The van der Waals surface area contributed by atoms with Crippen molar-refractivity contribution in [1.29, 1.82) is 0 Å². The molecule has 2 atom stereocenters. The monoisotopic (exact) mass is 391 g/mol.